The molecule has 0 amide bonds. The van der Waals surface area contributed by atoms with Crippen molar-refractivity contribution in [3.05, 3.63) is 29.8 Å². The Morgan fingerprint density at radius 3 is 2.21 bits per heavy atom. The fourth-order valence-corrected chi connectivity index (χ4v) is 1.11. The highest BCUT2D eigenvalue weighted by Crippen LogP contribution is 2.01. The van der Waals surface area contributed by atoms with Crippen LogP contribution in [-0.4, -0.2) is 28.2 Å². The second-order valence-electron chi connectivity index (χ2n) is 3.01. The van der Waals surface area contributed by atoms with Crippen molar-refractivity contribution in [3.8, 4) is 0 Å². The monoisotopic (exact) mass is 194 g/mol. The Morgan fingerprint density at radius 2 is 1.79 bits per heavy atom. The second-order valence-corrected chi connectivity index (χ2v) is 3.01. The van der Waals surface area contributed by atoms with Gasteiger partial charge in [0.15, 0.2) is 0 Å². The van der Waals surface area contributed by atoms with Crippen molar-refractivity contribution in [2.75, 3.05) is 0 Å². The molecule has 0 fully saturated rings. The third-order valence-electron chi connectivity index (χ3n) is 1.91. The van der Waals surface area contributed by atoms with E-state index in [1.165, 1.54) is 0 Å². The topological polar surface area (TPSA) is 77.8 Å². The van der Waals surface area contributed by atoms with Crippen molar-refractivity contribution in [2.45, 2.75) is 12.8 Å². The Morgan fingerprint density at radius 1 is 1.21 bits per heavy atom. The highest BCUT2D eigenvalue weighted by Gasteiger charge is 2.09. The maximum atomic E-state index is 10.3. The number of benzene rings is 1. The Hall–Kier alpha value is -1.33. The van der Waals surface area contributed by atoms with Crippen LogP contribution >= 0.6 is 0 Å². The van der Waals surface area contributed by atoms with Gasteiger partial charge in [-0.05, 0) is 17.4 Å². The number of rotatable bonds is 4. The molecule has 74 valence electrons. The van der Waals surface area contributed by atoms with E-state index in [-0.39, 0.29) is 6.42 Å². The molecule has 0 spiro atoms. The van der Waals surface area contributed by atoms with Crippen LogP contribution in [0.2, 0.25) is 0 Å². The van der Waals surface area contributed by atoms with Gasteiger partial charge >= 0.3 is 13.1 Å². The lowest BCUT2D eigenvalue weighted by molar-refractivity contribution is -0.136. The molecule has 0 saturated carbocycles. The summed E-state index contributed by atoms with van der Waals surface area (Å²) in [6.45, 7) is 0. The van der Waals surface area contributed by atoms with E-state index in [4.69, 9.17) is 15.2 Å². The first-order valence-electron chi connectivity index (χ1n) is 4.26. The van der Waals surface area contributed by atoms with Crippen molar-refractivity contribution in [1.29, 1.82) is 0 Å². The van der Waals surface area contributed by atoms with Gasteiger partial charge in [0.05, 0.1) is 0 Å². The summed E-state index contributed by atoms with van der Waals surface area (Å²) in [4.78, 5) is 10.3. The lowest BCUT2D eigenvalue weighted by Crippen LogP contribution is -2.29. The molecule has 0 bridgehead atoms. The van der Waals surface area contributed by atoms with Gasteiger partial charge in [0.2, 0.25) is 0 Å². The third-order valence-corrected chi connectivity index (χ3v) is 1.91. The van der Waals surface area contributed by atoms with Crippen LogP contribution in [0.4, 0.5) is 0 Å². The molecule has 0 unspecified atom stereocenters. The van der Waals surface area contributed by atoms with E-state index in [1.807, 2.05) is 0 Å². The van der Waals surface area contributed by atoms with Gasteiger partial charge in [-0.2, -0.15) is 0 Å². The molecule has 0 atom stereocenters. The van der Waals surface area contributed by atoms with Crippen LogP contribution in [0.5, 0.6) is 0 Å². The van der Waals surface area contributed by atoms with Gasteiger partial charge in [-0.1, -0.05) is 24.3 Å². The Labute approximate surface area is 82.0 Å². The zero-order valence-electron chi connectivity index (χ0n) is 7.55. The zero-order valence-corrected chi connectivity index (χ0v) is 7.55. The average molecular weight is 194 g/mol. The predicted molar refractivity (Wildman–Crippen MR) is 52.2 cm³/mol. The normalized spacial score (nSPS) is 9.86. The van der Waals surface area contributed by atoms with Gasteiger partial charge in [-0.25, -0.2) is 0 Å². The van der Waals surface area contributed by atoms with Crippen molar-refractivity contribution < 1.29 is 19.9 Å². The first kappa shape index (κ1) is 10.8. The number of hydrogen-bond acceptors (Lipinski definition) is 3. The third kappa shape index (κ3) is 3.20. The molecule has 14 heavy (non-hydrogen) atoms. The summed E-state index contributed by atoms with van der Waals surface area (Å²) >= 11 is 0. The van der Waals surface area contributed by atoms with E-state index in [0.29, 0.717) is 11.9 Å². The van der Waals surface area contributed by atoms with Crippen LogP contribution < -0.4 is 5.46 Å². The van der Waals surface area contributed by atoms with Gasteiger partial charge in [0.25, 0.3) is 0 Å². The molecule has 0 aliphatic rings. The summed E-state index contributed by atoms with van der Waals surface area (Å²) in [6.07, 6.45) is 0.540. The number of hydrogen-bond donors (Lipinski definition) is 3. The Kier molecular flexibility index (Phi) is 3.68. The first-order chi connectivity index (χ1) is 6.59. The van der Waals surface area contributed by atoms with E-state index >= 15 is 0 Å². The van der Waals surface area contributed by atoms with Crippen molar-refractivity contribution >= 4 is 18.6 Å². The van der Waals surface area contributed by atoms with Crippen LogP contribution in [0.3, 0.4) is 0 Å². The summed E-state index contributed by atoms with van der Waals surface area (Å²) in [5, 5.41) is 26.0. The minimum atomic E-state index is -1.47. The molecule has 0 heterocycles. The predicted octanol–water partition coefficient (Wildman–Crippen LogP) is -0.616. The summed E-state index contributed by atoms with van der Waals surface area (Å²) < 4.78 is 0. The molecular formula is C9H11BO4. The summed E-state index contributed by atoms with van der Waals surface area (Å²) in [5.74, 6) is -0.837. The summed E-state index contributed by atoms with van der Waals surface area (Å²) in [5.41, 5.74) is 1.28. The maximum absolute atomic E-state index is 10.3. The Bertz CT molecular complexity index is 307. The molecule has 0 radical (unpaired) electrons. The molecule has 3 N–H and O–H groups in total. The number of carboxylic acid groups (broad SMARTS) is 1. The molecule has 0 aliphatic heterocycles. The number of carbonyl (C=O) groups is 1. The van der Waals surface area contributed by atoms with E-state index < -0.39 is 13.1 Å². The molecule has 4 nitrogen and oxygen atoms in total. The van der Waals surface area contributed by atoms with Gasteiger partial charge in [0.1, 0.15) is 0 Å². The van der Waals surface area contributed by atoms with Gasteiger partial charge in [-0.3, -0.25) is 4.79 Å². The molecule has 1 aromatic rings. The van der Waals surface area contributed by atoms with Crippen molar-refractivity contribution in [3.63, 3.8) is 0 Å². The Balaban J connectivity index is 2.59. The minimum absolute atomic E-state index is 0.0844. The molecule has 0 aromatic heterocycles. The van der Waals surface area contributed by atoms with Crippen LogP contribution in [0, 0.1) is 0 Å². The molecule has 1 rings (SSSR count). The molecular weight excluding hydrogens is 183 g/mol. The van der Waals surface area contributed by atoms with Crippen LogP contribution in [0.1, 0.15) is 12.0 Å². The van der Waals surface area contributed by atoms with E-state index in [1.54, 1.807) is 24.3 Å². The molecule has 5 heteroatoms. The molecule has 1 aromatic carbocycles. The average Bonchev–Trinajstić information content (AvgIpc) is 2.15. The van der Waals surface area contributed by atoms with Gasteiger partial charge < -0.3 is 15.2 Å². The van der Waals surface area contributed by atoms with Crippen LogP contribution in [-0.2, 0) is 11.2 Å². The van der Waals surface area contributed by atoms with E-state index in [9.17, 15) is 4.79 Å². The van der Waals surface area contributed by atoms with Crippen LogP contribution in [0.15, 0.2) is 24.3 Å². The lowest BCUT2D eigenvalue weighted by Gasteiger charge is -2.01. The largest absolute Gasteiger partial charge is 0.488 e. The van der Waals surface area contributed by atoms with Gasteiger partial charge in [-0.15, -0.1) is 0 Å². The highest BCUT2D eigenvalue weighted by molar-refractivity contribution is 6.58. The lowest BCUT2D eigenvalue weighted by atomic mass is 9.80. The maximum Gasteiger partial charge on any atom is 0.488 e. The second kappa shape index (κ2) is 4.78. The van der Waals surface area contributed by atoms with Crippen molar-refractivity contribution in [2.24, 2.45) is 0 Å². The quantitative estimate of drug-likeness (QED) is 0.558. The minimum Gasteiger partial charge on any atom is -0.481 e. The SMILES string of the molecule is O=C(O)CCc1ccc(B(O)O)cc1. The van der Waals surface area contributed by atoms with E-state index in [2.05, 4.69) is 0 Å². The highest BCUT2D eigenvalue weighted by atomic mass is 16.4. The molecule has 0 aliphatic carbocycles. The van der Waals surface area contributed by atoms with E-state index in [0.717, 1.165) is 5.56 Å². The van der Waals surface area contributed by atoms with Crippen LogP contribution in [0.25, 0.3) is 0 Å². The smallest absolute Gasteiger partial charge is 0.481 e. The molecule has 0 saturated heterocycles. The zero-order chi connectivity index (χ0) is 10.6. The number of aliphatic carboxylic acids is 1. The standard InChI is InChI=1S/C9H11BO4/c11-9(12)6-3-7-1-4-8(5-2-7)10(13)14/h1-2,4-5,13-14H,3,6H2,(H,11,12). The first-order valence-corrected chi connectivity index (χ1v) is 4.26. The summed E-state index contributed by atoms with van der Waals surface area (Å²) in [6, 6.07) is 6.53. The number of carboxylic acids is 1. The fraction of sp³-hybridized carbons (Fsp3) is 0.222. The number of aryl methyl sites for hydroxylation is 1. The summed E-state index contributed by atoms with van der Waals surface area (Å²) in [7, 11) is -1.47. The fourth-order valence-electron chi connectivity index (χ4n) is 1.11. The van der Waals surface area contributed by atoms with Crippen molar-refractivity contribution in [1.82, 2.24) is 0 Å². The van der Waals surface area contributed by atoms with Gasteiger partial charge in [0, 0.05) is 6.42 Å².